The second-order valence-electron chi connectivity index (χ2n) is 4.65. The SMILES string of the molecule is O=c1c(=O)c2ccc(Br)c3ccc4cccc1c4c32. The Balaban J connectivity index is 2.60. The maximum atomic E-state index is 12.2. The predicted molar refractivity (Wildman–Crippen MR) is 81.6 cm³/mol. The third-order valence-corrected chi connectivity index (χ3v) is 4.36. The van der Waals surface area contributed by atoms with Gasteiger partial charge in [-0.15, -0.1) is 0 Å². The van der Waals surface area contributed by atoms with Crippen molar-refractivity contribution in [2.24, 2.45) is 0 Å². The normalized spacial score (nSPS) is 11.8. The number of benzene rings is 4. The number of halogens is 1. The van der Waals surface area contributed by atoms with Crippen molar-refractivity contribution in [3.8, 4) is 0 Å². The molecule has 0 aliphatic heterocycles. The first-order valence-electron chi connectivity index (χ1n) is 5.91. The minimum absolute atomic E-state index is 0.409. The zero-order chi connectivity index (χ0) is 13.1. The first-order chi connectivity index (χ1) is 9.18. The van der Waals surface area contributed by atoms with E-state index < -0.39 is 10.9 Å². The van der Waals surface area contributed by atoms with E-state index in [-0.39, 0.29) is 0 Å². The van der Waals surface area contributed by atoms with Crippen molar-refractivity contribution in [2.75, 3.05) is 0 Å². The van der Waals surface area contributed by atoms with E-state index in [4.69, 9.17) is 0 Å². The Morgan fingerprint density at radius 1 is 0.684 bits per heavy atom. The first kappa shape index (κ1) is 10.9. The fourth-order valence-electron chi connectivity index (χ4n) is 2.81. The highest BCUT2D eigenvalue weighted by molar-refractivity contribution is 9.10. The maximum absolute atomic E-state index is 12.2. The first-order valence-corrected chi connectivity index (χ1v) is 6.71. The van der Waals surface area contributed by atoms with Gasteiger partial charge in [-0.05, 0) is 22.9 Å². The van der Waals surface area contributed by atoms with Crippen molar-refractivity contribution in [3.05, 3.63) is 67.4 Å². The summed E-state index contributed by atoms with van der Waals surface area (Å²) in [5.41, 5.74) is -0.823. The van der Waals surface area contributed by atoms with Gasteiger partial charge in [0.25, 0.3) is 0 Å². The molecule has 2 nitrogen and oxygen atoms in total. The molecule has 0 aliphatic rings. The summed E-state index contributed by atoms with van der Waals surface area (Å²) in [6, 6.07) is 13.0. The maximum Gasteiger partial charge on any atom is 0.234 e. The van der Waals surface area contributed by atoms with Crippen LogP contribution in [0, 0.1) is 0 Å². The zero-order valence-corrected chi connectivity index (χ0v) is 11.3. The van der Waals surface area contributed by atoms with Gasteiger partial charge in [-0.1, -0.05) is 46.3 Å². The summed E-state index contributed by atoms with van der Waals surface area (Å²) in [4.78, 5) is 24.4. The van der Waals surface area contributed by atoms with Crippen molar-refractivity contribution in [3.63, 3.8) is 0 Å². The Morgan fingerprint density at radius 2 is 1.37 bits per heavy atom. The van der Waals surface area contributed by atoms with E-state index in [1.165, 1.54) is 0 Å². The Kier molecular flexibility index (Phi) is 2.01. The average molecular weight is 311 g/mol. The van der Waals surface area contributed by atoms with Crippen molar-refractivity contribution >= 4 is 48.2 Å². The fourth-order valence-corrected chi connectivity index (χ4v) is 3.27. The molecule has 90 valence electrons. The van der Waals surface area contributed by atoms with Crippen molar-refractivity contribution in [1.29, 1.82) is 0 Å². The third kappa shape index (κ3) is 1.25. The molecule has 0 saturated heterocycles. The third-order valence-electron chi connectivity index (χ3n) is 3.66. The van der Waals surface area contributed by atoms with Crippen molar-refractivity contribution in [1.82, 2.24) is 0 Å². The summed E-state index contributed by atoms with van der Waals surface area (Å²) in [5.74, 6) is 0. The van der Waals surface area contributed by atoms with Crippen LogP contribution in [0.1, 0.15) is 0 Å². The van der Waals surface area contributed by atoms with E-state index in [9.17, 15) is 9.59 Å². The highest BCUT2D eigenvalue weighted by Gasteiger charge is 2.15. The lowest BCUT2D eigenvalue weighted by Crippen LogP contribution is -2.24. The zero-order valence-electron chi connectivity index (χ0n) is 9.74. The Morgan fingerprint density at radius 3 is 2.16 bits per heavy atom. The molecule has 4 aromatic rings. The van der Waals surface area contributed by atoms with Crippen LogP contribution in [-0.4, -0.2) is 0 Å². The molecule has 0 unspecified atom stereocenters. The average Bonchev–Trinajstić information content (AvgIpc) is 2.44. The second-order valence-corrected chi connectivity index (χ2v) is 5.50. The van der Waals surface area contributed by atoms with Crippen LogP contribution in [0.3, 0.4) is 0 Å². The van der Waals surface area contributed by atoms with Crippen LogP contribution < -0.4 is 10.9 Å². The molecule has 0 fully saturated rings. The Bertz CT molecular complexity index is 1050. The van der Waals surface area contributed by atoms with E-state index in [1.54, 1.807) is 12.1 Å². The van der Waals surface area contributed by atoms with E-state index in [0.29, 0.717) is 10.8 Å². The van der Waals surface area contributed by atoms with E-state index in [2.05, 4.69) is 15.9 Å². The lowest BCUT2D eigenvalue weighted by Gasteiger charge is -2.10. The molecular weight excluding hydrogens is 304 g/mol. The highest BCUT2D eigenvalue weighted by Crippen LogP contribution is 2.34. The smallest absolute Gasteiger partial charge is 0.234 e. The summed E-state index contributed by atoms with van der Waals surface area (Å²) >= 11 is 3.50. The van der Waals surface area contributed by atoms with Crippen LogP contribution >= 0.6 is 15.9 Å². The van der Waals surface area contributed by atoms with Crippen LogP contribution in [0.2, 0.25) is 0 Å². The van der Waals surface area contributed by atoms with Crippen LogP contribution in [0.4, 0.5) is 0 Å². The summed E-state index contributed by atoms with van der Waals surface area (Å²) in [6.45, 7) is 0. The van der Waals surface area contributed by atoms with Gasteiger partial charge in [0.2, 0.25) is 10.9 Å². The lowest BCUT2D eigenvalue weighted by atomic mass is 9.94. The van der Waals surface area contributed by atoms with Gasteiger partial charge in [0.1, 0.15) is 0 Å². The minimum atomic E-state index is -0.413. The second kappa shape index (κ2) is 3.52. The quantitative estimate of drug-likeness (QED) is 0.368. The van der Waals surface area contributed by atoms with Crippen molar-refractivity contribution < 1.29 is 0 Å². The van der Waals surface area contributed by atoms with E-state index in [0.717, 1.165) is 26.0 Å². The molecule has 0 bridgehead atoms. The fraction of sp³-hybridized carbons (Fsp3) is 0. The van der Waals surface area contributed by atoms with Crippen LogP contribution in [0.5, 0.6) is 0 Å². The summed E-state index contributed by atoms with van der Waals surface area (Å²) in [6.07, 6.45) is 0. The monoisotopic (exact) mass is 310 g/mol. The summed E-state index contributed by atoms with van der Waals surface area (Å²) in [5, 5.41) is 4.75. The van der Waals surface area contributed by atoms with Crippen LogP contribution in [0.25, 0.3) is 32.3 Å². The molecule has 0 aliphatic carbocycles. The molecule has 0 aromatic heterocycles. The summed E-state index contributed by atoms with van der Waals surface area (Å²) in [7, 11) is 0. The number of rotatable bonds is 0. The van der Waals surface area contributed by atoms with Gasteiger partial charge in [-0.25, -0.2) is 0 Å². The summed E-state index contributed by atoms with van der Waals surface area (Å²) < 4.78 is 0.935. The van der Waals surface area contributed by atoms with Crippen LogP contribution in [-0.2, 0) is 0 Å². The lowest BCUT2D eigenvalue weighted by molar-refractivity contribution is 1.59. The molecular formula is C16H7BrO2. The molecule has 0 heterocycles. The molecule has 4 aromatic carbocycles. The highest BCUT2D eigenvalue weighted by atomic mass is 79.9. The van der Waals surface area contributed by atoms with Gasteiger partial charge in [0, 0.05) is 26.0 Å². The molecule has 19 heavy (non-hydrogen) atoms. The van der Waals surface area contributed by atoms with E-state index in [1.807, 2.05) is 30.3 Å². The van der Waals surface area contributed by atoms with Gasteiger partial charge in [-0.2, -0.15) is 0 Å². The molecule has 3 heteroatoms. The van der Waals surface area contributed by atoms with Gasteiger partial charge in [0.05, 0.1) is 0 Å². The van der Waals surface area contributed by atoms with Gasteiger partial charge >= 0.3 is 0 Å². The Labute approximate surface area is 116 Å². The molecule has 0 saturated carbocycles. The number of hydrogen-bond donors (Lipinski definition) is 0. The predicted octanol–water partition coefficient (Wildman–Crippen LogP) is 3.50. The van der Waals surface area contributed by atoms with E-state index >= 15 is 0 Å². The topological polar surface area (TPSA) is 34.1 Å². The largest absolute Gasteiger partial charge is 0.285 e. The standard InChI is InChI=1S/C16H7BrO2/c17-12-7-6-11-14-9(12)5-4-8-2-1-3-10(13(8)14)15(18)16(11)19/h1-7H. The van der Waals surface area contributed by atoms with Gasteiger partial charge in [0.15, 0.2) is 0 Å². The van der Waals surface area contributed by atoms with Gasteiger partial charge in [-0.3, -0.25) is 9.59 Å². The molecule has 0 atom stereocenters. The Hall–Kier alpha value is -2.00. The molecule has 4 rings (SSSR count). The van der Waals surface area contributed by atoms with Crippen molar-refractivity contribution in [2.45, 2.75) is 0 Å². The molecule has 0 radical (unpaired) electrons. The van der Waals surface area contributed by atoms with Crippen LogP contribution in [0.15, 0.2) is 56.5 Å². The minimum Gasteiger partial charge on any atom is -0.285 e. The van der Waals surface area contributed by atoms with Gasteiger partial charge < -0.3 is 0 Å². The molecule has 0 spiro atoms. The molecule has 0 amide bonds. The molecule has 0 N–H and O–H groups in total. The number of hydrogen-bond acceptors (Lipinski definition) is 2.